The molecule has 0 spiro atoms. The second-order valence-corrected chi connectivity index (χ2v) is 7.78. The summed E-state index contributed by atoms with van der Waals surface area (Å²) < 4.78 is 12.3. The van der Waals surface area contributed by atoms with Gasteiger partial charge in [0, 0.05) is 6.54 Å². The van der Waals surface area contributed by atoms with Crippen LogP contribution in [0.3, 0.4) is 0 Å². The molecule has 0 radical (unpaired) electrons. The lowest BCUT2D eigenvalue weighted by Gasteiger charge is -2.10. The summed E-state index contributed by atoms with van der Waals surface area (Å²) in [5.41, 5.74) is 8.46. The fraction of sp³-hybridized carbons (Fsp3) is 0.455. The van der Waals surface area contributed by atoms with E-state index in [1.54, 1.807) is 4.57 Å². The third-order valence-corrected chi connectivity index (χ3v) is 4.82. The van der Waals surface area contributed by atoms with Crippen LogP contribution in [0.5, 0.6) is 12.0 Å². The SMILES string of the molecule is CCCCOc1nc(N)c2nc(O)n(Cc3ccc(CC(=O)OCCN(C)C)cc3)c2n1.Cl. The molecular formula is C22H31ClN6O4. The van der Waals surface area contributed by atoms with Crippen LogP contribution in [0, 0.1) is 0 Å². The molecule has 33 heavy (non-hydrogen) atoms. The van der Waals surface area contributed by atoms with Crippen molar-refractivity contribution in [2.75, 3.05) is 39.6 Å². The number of carbonyl (C=O) groups excluding carboxylic acids is 1. The van der Waals surface area contributed by atoms with E-state index < -0.39 is 0 Å². The number of halogens is 1. The van der Waals surface area contributed by atoms with E-state index in [2.05, 4.69) is 21.9 Å². The van der Waals surface area contributed by atoms with Gasteiger partial charge in [0.2, 0.25) is 0 Å². The minimum atomic E-state index is -0.263. The van der Waals surface area contributed by atoms with E-state index in [0.29, 0.717) is 37.5 Å². The summed E-state index contributed by atoms with van der Waals surface area (Å²) in [6.45, 7) is 3.92. The van der Waals surface area contributed by atoms with Crippen molar-refractivity contribution in [3.8, 4) is 12.0 Å². The molecule has 2 heterocycles. The lowest BCUT2D eigenvalue weighted by Crippen LogP contribution is -2.20. The highest BCUT2D eigenvalue weighted by Crippen LogP contribution is 2.26. The third kappa shape index (κ3) is 7.19. The smallest absolute Gasteiger partial charge is 0.320 e. The maximum Gasteiger partial charge on any atom is 0.320 e. The highest BCUT2D eigenvalue weighted by atomic mass is 35.5. The molecule has 180 valence electrons. The van der Waals surface area contributed by atoms with Gasteiger partial charge >= 0.3 is 12.0 Å². The first-order valence-electron chi connectivity index (χ1n) is 10.6. The number of nitrogen functional groups attached to an aromatic ring is 1. The molecule has 0 atom stereocenters. The van der Waals surface area contributed by atoms with Gasteiger partial charge in [0.1, 0.15) is 6.61 Å². The van der Waals surface area contributed by atoms with Crippen molar-refractivity contribution in [3.05, 3.63) is 35.4 Å². The number of nitrogens with two attached hydrogens (primary N) is 1. The minimum Gasteiger partial charge on any atom is -0.480 e. The Hall–Kier alpha value is -3.11. The largest absolute Gasteiger partial charge is 0.480 e. The van der Waals surface area contributed by atoms with Crippen LogP contribution < -0.4 is 10.5 Å². The molecule has 0 aliphatic carbocycles. The summed E-state index contributed by atoms with van der Waals surface area (Å²) in [5, 5.41) is 10.3. The summed E-state index contributed by atoms with van der Waals surface area (Å²) >= 11 is 0. The van der Waals surface area contributed by atoms with Crippen LogP contribution in [0.25, 0.3) is 11.2 Å². The zero-order valence-corrected chi connectivity index (χ0v) is 20.0. The van der Waals surface area contributed by atoms with Crippen molar-refractivity contribution < 1.29 is 19.4 Å². The second kappa shape index (κ2) is 12.2. The molecular weight excluding hydrogens is 448 g/mol. The Labute approximate surface area is 199 Å². The number of fused-ring (bicyclic) bond motifs is 1. The molecule has 0 amide bonds. The normalized spacial score (nSPS) is 10.9. The highest BCUT2D eigenvalue weighted by molar-refractivity contribution is 5.85. The van der Waals surface area contributed by atoms with Crippen molar-refractivity contribution in [2.45, 2.75) is 32.7 Å². The monoisotopic (exact) mass is 478 g/mol. The topological polar surface area (TPSA) is 129 Å². The number of unbranched alkanes of at least 4 members (excludes halogenated alkanes) is 1. The van der Waals surface area contributed by atoms with E-state index in [-0.39, 0.29) is 42.6 Å². The number of imidazole rings is 1. The minimum absolute atomic E-state index is 0. The predicted octanol–water partition coefficient (Wildman–Crippen LogP) is 2.41. The average Bonchev–Trinajstić information content (AvgIpc) is 3.05. The molecule has 0 saturated carbocycles. The van der Waals surface area contributed by atoms with Crippen LogP contribution in [0.1, 0.15) is 30.9 Å². The van der Waals surface area contributed by atoms with Gasteiger partial charge in [-0.05, 0) is 31.6 Å². The van der Waals surface area contributed by atoms with E-state index in [0.717, 1.165) is 24.0 Å². The number of benzene rings is 1. The Bertz CT molecular complexity index is 1060. The van der Waals surface area contributed by atoms with Crippen LogP contribution in [0.15, 0.2) is 24.3 Å². The van der Waals surface area contributed by atoms with Crippen molar-refractivity contribution in [2.24, 2.45) is 0 Å². The van der Waals surface area contributed by atoms with E-state index >= 15 is 0 Å². The fourth-order valence-electron chi connectivity index (χ4n) is 3.01. The van der Waals surface area contributed by atoms with E-state index in [9.17, 15) is 9.90 Å². The Balaban J connectivity index is 0.00000385. The predicted molar refractivity (Wildman–Crippen MR) is 128 cm³/mol. The zero-order valence-electron chi connectivity index (χ0n) is 19.2. The first-order valence-corrected chi connectivity index (χ1v) is 10.6. The van der Waals surface area contributed by atoms with Crippen LogP contribution in [-0.2, 0) is 22.5 Å². The van der Waals surface area contributed by atoms with Crippen LogP contribution in [-0.4, -0.2) is 69.3 Å². The lowest BCUT2D eigenvalue weighted by molar-refractivity contribution is -0.143. The summed E-state index contributed by atoms with van der Waals surface area (Å²) in [6, 6.07) is 7.45. The summed E-state index contributed by atoms with van der Waals surface area (Å²) in [7, 11) is 3.85. The Morgan fingerprint density at radius 3 is 2.48 bits per heavy atom. The van der Waals surface area contributed by atoms with Gasteiger partial charge in [0.05, 0.1) is 19.6 Å². The quantitative estimate of drug-likeness (QED) is 0.315. The number of hydrogen-bond donors (Lipinski definition) is 2. The number of likely N-dealkylation sites (N-methyl/N-ethyl adjacent to an activating group) is 1. The standard InChI is InChI=1S/C22H30N6O4.ClH/c1-4-5-11-32-21-25-19(23)18-20(26-21)28(22(30)24-18)14-16-8-6-15(7-9-16)13-17(29)31-12-10-27(2)3;/h6-9H,4-5,10-14H2,1-3H3,(H,24,30)(H2,23,25,26);1H. The third-order valence-electron chi connectivity index (χ3n) is 4.82. The molecule has 0 aliphatic heterocycles. The van der Waals surface area contributed by atoms with E-state index in [1.165, 1.54) is 0 Å². The number of anilines is 1. The molecule has 3 N–H and O–H groups in total. The number of hydrogen-bond acceptors (Lipinski definition) is 9. The van der Waals surface area contributed by atoms with Gasteiger partial charge < -0.3 is 25.2 Å². The van der Waals surface area contributed by atoms with E-state index in [1.807, 2.05) is 43.3 Å². The second-order valence-electron chi connectivity index (χ2n) is 7.78. The Morgan fingerprint density at radius 1 is 1.12 bits per heavy atom. The molecule has 0 saturated heterocycles. The summed E-state index contributed by atoms with van der Waals surface area (Å²) in [6.07, 6.45) is 2.07. The molecule has 0 aliphatic rings. The molecule has 3 aromatic rings. The summed E-state index contributed by atoms with van der Waals surface area (Å²) in [4.78, 5) is 26.5. The van der Waals surface area contributed by atoms with Gasteiger partial charge in [-0.1, -0.05) is 37.6 Å². The number of aromatic hydroxyl groups is 1. The number of rotatable bonds is 11. The number of esters is 1. The van der Waals surface area contributed by atoms with Crippen LogP contribution >= 0.6 is 12.4 Å². The van der Waals surface area contributed by atoms with Gasteiger partial charge in [-0.3, -0.25) is 9.36 Å². The lowest BCUT2D eigenvalue weighted by atomic mass is 10.1. The van der Waals surface area contributed by atoms with Crippen molar-refractivity contribution in [1.82, 2.24) is 24.4 Å². The van der Waals surface area contributed by atoms with Gasteiger partial charge in [-0.2, -0.15) is 15.0 Å². The molecule has 1 aromatic carbocycles. The Kier molecular flexibility index (Phi) is 9.68. The van der Waals surface area contributed by atoms with Crippen molar-refractivity contribution in [1.29, 1.82) is 0 Å². The molecule has 0 fully saturated rings. The number of aromatic nitrogens is 4. The highest BCUT2D eigenvalue weighted by Gasteiger charge is 2.17. The zero-order chi connectivity index (χ0) is 23.1. The fourth-order valence-corrected chi connectivity index (χ4v) is 3.01. The van der Waals surface area contributed by atoms with Gasteiger partial charge in [0.25, 0.3) is 6.01 Å². The maximum absolute atomic E-state index is 12.0. The van der Waals surface area contributed by atoms with E-state index in [4.69, 9.17) is 15.2 Å². The summed E-state index contributed by atoms with van der Waals surface area (Å²) in [5.74, 6) is -0.112. The average molecular weight is 479 g/mol. The van der Waals surface area contributed by atoms with Crippen molar-refractivity contribution >= 4 is 35.4 Å². The number of nitrogens with zero attached hydrogens (tertiary/aromatic N) is 5. The molecule has 3 rings (SSSR count). The molecule has 10 nitrogen and oxygen atoms in total. The van der Waals surface area contributed by atoms with Crippen LogP contribution in [0.2, 0.25) is 0 Å². The molecule has 0 bridgehead atoms. The first kappa shape index (κ1) is 26.1. The molecule has 0 unspecified atom stereocenters. The molecule has 11 heteroatoms. The van der Waals surface area contributed by atoms with Crippen molar-refractivity contribution in [3.63, 3.8) is 0 Å². The Morgan fingerprint density at radius 2 is 1.82 bits per heavy atom. The molecule has 2 aromatic heterocycles. The number of ether oxygens (including phenoxy) is 2. The van der Waals surface area contributed by atoms with Gasteiger partial charge in [-0.15, -0.1) is 12.4 Å². The maximum atomic E-state index is 12.0. The first-order chi connectivity index (χ1) is 15.4. The van der Waals surface area contributed by atoms with Gasteiger partial charge in [-0.25, -0.2) is 0 Å². The van der Waals surface area contributed by atoms with Crippen LogP contribution in [0.4, 0.5) is 5.82 Å². The van der Waals surface area contributed by atoms with Gasteiger partial charge in [0.15, 0.2) is 17.0 Å². The number of carbonyl (C=O) groups is 1.